The van der Waals surface area contributed by atoms with Gasteiger partial charge in [-0.25, -0.2) is 18.4 Å². The Bertz CT molecular complexity index is 1390. The molecule has 174 valence electrons. The van der Waals surface area contributed by atoms with Gasteiger partial charge in [0.2, 0.25) is 15.9 Å². The summed E-state index contributed by atoms with van der Waals surface area (Å²) in [5, 5.41) is 8.46. The largest absolute Gasteiger partial charge is 0.488 e. The highest BCUT2D eigenvalue weighted by atomic mass is 32.2. The highest BCUT2D eigenvalue weighted by molar-refractivity contribution is 7.89. The fourth-order valence-corrected chi connectivity index (χ4v) is 3.89. The van der Waals surface area contributed by atoms with Gasteiger partial charge in [0.15, 0.2) is 0 Å². The standard InChI is InChI=1S/C24H26N2O6S/c1-14(2)13-31-20-9-15(3)10-21-23(20)16(4)19(24(28)32-21)11-22(27)26-12-17-5-7-18(8-6-17)33(25,29)30/h5-10H,1,11-13H2,2-4H3,(H,26,27)(H2,25,29,30). The van der Waals surface area contributed by atoms with Crippen molar-refractivity contribution in [2.45, 2.75) is 38.6 Å². The smallest absolute Gasteiger partial charge is 0.340 e. The highest BCUT2D eigenvalue weighted by Crippen LogP contribution is 2.31. The molecule has 0 saturated carbocycles. The van der Waals surface area contributed by atoms with Crippen LogP contribution in [0.5, 0.6) is 5.75 Å². The average molecular weight is 471 g/mol. The Hall–Kier alpha value is -3.43. The van der Waals surface area contributed by atoms with Crippen LogP contribution < -0.4 is 20.8 Å². The van der Waals surface area contributed by atoms with Gasteiger partial charge in [-0.15, -0.1) is 0 Å². The van der Waals surface area contributed by atoms with Gasteiger partial charge < -0.3 is 14.5 Å². The van der Waals surface area contributed by atoms with Crippen LogP contribution in [0, 0.1) is 13.8 Å². The number of amides is 1. The van der Waals surface area contributed by atoms with Gasteiger partial charge in [-0.2, -0.15) is 0 Å². The number of ether oxygens (including phenoxy) is 1. The average Bonchev–Trinajstić information content (AvgIpc) is 2.72. The molecule has 0 aliphatic rings. The molecule has 9 heteroatoms. The molecule has 0 aliphatic heterocycles. The van der Waals surface area contributed by atoms with E-state index in [2.05, 4.69) is 11.9 Å². The van der Waals surface area contributed by atoms with E-state index in [4.69, 9.17) is 14.3 Å². The topological polar surface area (TPSA) is 129 Å². The minimum absolute atomic E-state index is 0.0121. The van der Waals surface area contributed by atoms with Crippen LogP contribution in [0.3, 0.4) is 0 Å². The minimum atomic E-state index is -3.78. The van der Waals surface area contributed by atoms with Crippen LogP contribution in [0.4, 0.5) is 0 Å². The van der Waals surface area contributed by atoms with Crippen LogP contribution >= 0.6 is 0 Å². The van der Waals surface area contributed by atoms with E-state index < -0.39 is 15.6 Å². The van der Waals surface area contributed by atoms with Gasteiger partial charge in [0, 0.05) is 6.54 Å². The predicted molar refractivity (Wildman–Crippen MR) is 126 cm³/mol. The highest BCUT2D eigenvalue weighted by Gasteiger charge is 2.18. The van der Waals surface area contributed by atoms with Gasteiger partial charge in [0.1, 0.15) is 17.9 Å². The molecule has 3 rings (SSSR count). The van der Waals surface area contributed by atoms with E-state index in [9.17, 15) is 18.0 Å². The number of nitrogens with two attached hydrogens (primary N) is 1. The molecular formula is C24H26N2O6S. The van der Waals surface area contributed by atoms with Gasteiger partial charge in [-0.05, 0) is 67.3 Å². The SMILES string of the molecule is C=C(C)COc1cc(C)cc2oc(=O)c(CC(=O)NCc3ccc(S(N)(=O)=O)cc3)c(C)c12. The number of hydrogen-bond donors (Lipinski definition) is 2. The number of sulfonamides is 1. The Morgan fingerprint density at radius 1 is 1.18 bits per heavy atom. The van der Waals surface area contributed by atoms with Crippen LogP contribution in [-0.2, 0) is 27.8 Å². The summed E-state index contributed by atoms with van der Waals surface area (Å²) in [5.41, 5.74) is 3.08. The van der Waals surface area contributed by atoms with Crippen LogP contribution in [0.1, 0.15) is 29.2 Å². The predicted octanol–water partition coefficient (Wildman–Crippen LogP) is 2.87. The molecule has 1 heterocycles. The zero-order valence-electron chi connectivity index (χ0n) is 18.7. The molecule has 3 aromatic rings. The molecule has 8 nitrogen and oxygen atoms in total. The maximum absolute atomic E-state index is 12.6. The van der Waals surface area contributed by atoms with Crippen molar-refractivity contribution in [2.24, 2.45) is 5.14 Å². The fourth-order valence-electron chi connectivity index (χ4n) is 3.38. The van der Waals surface area contributed by atoms with Gasteiger partial charge in [-0.3, -0.25) is 4.79 Å². The molecule has 0 atom stereocenters. The normalized spacial score (nSPS) is 11.4. The first-order chi connectivity index (χ1) is 15.5. The van der Waals surface area contributed by atoms with Gasteiger partial charge in [-0.1, -0.05) is 18.7 Å². The summed E-state index contributed by atoms with van der Waals surface area (Å²) in [7, 11) is -3.78. The van der Waals surface area contributed by atoms with Crippen molar-refractivity contribution in [1.29, 1.82) is 0 Å². The molecule has 2 aromatic carbocycles. The molecule has 0 spiro atoms. The number of carbonyl (C=O) groups excluding carboxylic acids is 1. The lowest BCUT2D eigenvalue weighted by Gasteiger charge is -2.14. The maximum atomic E-state index is 12.6. The number of primary sulfonamides is 1. The second-order valence-electron chi connectivity index (χ2n) is 8.02. The van der Waals surface area contributed by atoms with Gasteiger partial charge >= 0.3 is 5.63 Å². The van der Waals surface area contributed by atoms with Crippen molar-refractivity contribution in [3.63, 3.8) is 0 Å². The molecule has 33 heavy (non-hydrogen) atoms. The van der Waals surface area contributed by atoms with Gasteiger partial charge in [0.05, 0.1) is 22.3 Å². The molecule has 0 bridgehead atoms. The summed E-state index contributed by atoms with van der Waals surface area (Å²) in [4.78, 5) is 25.2. The molecule has 0 unspecified atom stereocenters. The Labute approximate surface area is 192 Å². The van der Waals surface area contributed by atoms with Crippen molar-refractivity contribution in [2.75, 3.05) is 6.61 Å². The van der Waals surface area contributed by atoms with Crippen molar-refractivity contribution in [3.8, 4) is 5.75 Å². The maximum Gasteiger partial charge on any atom is 0.340 e. The number of rotatable bonds is 8. The van der Waals surface area contributed by atoms with E-state index in [1.165, 1.54) is 12.1 Å². The van der Waals surface area contributed by atoms with Crippen LogP contribution in [0.25, 0.3) is 11.0 Å². The zero-order valence-corrected chi connectivity index (χ0v) is 19.5. The summed E-state index contributed by atoms with van der Waals surface area (Å²) < 4.78 is 34.1. The third-order valence-corrected chi connectivity index (χ3v) is 5.97. The Kier molecular flexibility index (Phi) is 7.04. The number of fused-ring (bicyclic) bond motifs is 1. The third kappa shape index (κ3) is 5.88. The van der Waals surface area contributed by atoms with Crippen LogP contribution in [0.2, 0.25) is 0 Å². The Morgan fingerprint density at radius 3 is 2.45 bits per heavy atom. The second kappa shape index (κ2) is 9.60. The van der Waals surface area contributed by atoms with E-state index in [1.54, 1.807) is 25.1 Å². The summed E-state index contributed by atoms with van der Waals surface area (Å²) in [6.45, 7) is 9.80. The summed E-state index contributed by atoms with van der Waals surface area (Å²) >= 11 is 0. The first-order valence-electron chi connectivity index (χ1n) is 10.2. The zero-order chi connectivity index (χ0) is 24.3. The number of benzene rings is 2. The lowest BCUT2D eigenvalue weighted by atomic mass is 10.0. The van der Waals surface area contributed by atoms with Crippen molar-refractivity contribution in [3.05, 3.63) is 81.2 Å². The van der Waals surface area contributed by atoms with Crippen LogP contribution in [-0.4, -0.2) is 20.9 Å². The Balaban J connectivity index is 1.82. The quantitative estimate of drug-likeness (QED) is 0.385. The summed E-state index contributed by atoms with van der Waals surface area (Å²) in [6, 6.07) is 9.47. The summed E-state index contributed by atoms with van der Waals surface area (Å²) in [6.07, 6.45) is -0.173. The van der Waals surface area contributed by atoms with Crippen LogP contribution in [0.15, 0.2) is 62.7 Å². The van der Waals surface area contributed by atoms with E-state index >= 15 is 0 Å². The molecule has 0 radical (unpaired) electrons. The first kappa shape index (κ1) is 24.2. The molecule has 0 saturated heterocycles. The molecular weight excluding hydrogens is 444 g/mol. The monoisotopic (exact) mass is 470 g/mol. The molecule has 3 N–H and O–H groups in total. The lowest BCUT2D eigenvalue weighted by molar-refractivity contribution is -0.120. The van der Waals surface area contributed by atoms with E-state index in [0.29, 0.717) is 34.5 Å². The first-order valence-corrected chi connectivity index (χ1v) is 11.7. The van der Waals surface area contributed by atoms with Crippen molar-refractivity contribution < 1.29 is 22.4 Å². The third-order valence-electron chi connectivity index (χ3n) is 5.04. The number of hydrogen-bond acceptors (Lipinski definition) is 6. The van der Waals surface area contributed by atoms with E-state index in [1.807, 2.05) is 19.9 Å². The van der Waals surface area contributed by atoms with E-state index in [-0.39, 0.29) is 29.3 Å². The molecule has 0 aliphatic carbocycles. The van der Waals surface area contributed by atoms with E-state index in [0.717, 1.165) is 11.1 Å². The Morgan fingerprint density at radius 2 is 1.85 bits per heavy atom. The number of carbonyl (C=O) groups is 1. The summed E-state index contributed by atoms with van der Waals surface area (Å²) in [5.74, 6) is 0.183. The van der Waals surface area contributed by atoms with Crippen molar-refractivity contribution >= 4 is 26.9 Å². The fraction of sp³-hybridized carbons (Fsp3) is 0.250. The van der Waals surface area contributed by atoms with Gasteiger partial charge in [0.25, 0.3) is 0 Å². The number of nitrogens with one attached hydrogen (secondary N) is 1. The lowest BCUT2D eigenvalue weighted by Crippen LogP contribution is -2.27. The minimum Gasteiger partial charge on any atom is -0.488 e. The number of aryl methyl sites for hydroxylation is 2. The molecule has 1 amide bonds. The molecule has 0 fully saturated rings. The molecule has 1 aromatic heterocycles. The second-order valence-corrected chi connectivity index (χ2v) is 9.58. The van der Waals surface area contributed by atoms with Crippen molar-refractivity contribution in [1.82, 2.24) is 5.32 Å².